The molecule has 0 saturated heterocycles. The van der Waals surface area contributed by atoms with Gasteiger partial charge in [-0.15, -0.1) is 11.3 Å². The van der Waals surface area contributed by atoms with Crippen LogP contribution in [-0.4, -0.2) is 23.7 Å². The zero-order chi connectivity index (χ0) is 11.3. The summed E-state index contributed by atoms with van der Waals surface area (Å²) in [6.07, 6.45) is 0.715. The predicted octanol–water partition coefficient (Wildman–Crippen LogP) is 2.65. The van der Waals surface area contributed by atoms with Crippen LogP contribution in [0.4, 0.5) is 0 Å². The standard InChI is InChI=1S/C10H11BrO3S/c1-14-9(12)5-4-7(11)10(13)8-3-2-6-15-8/h2-3,6-7H,4-5H2,1H3. The predicted molar refractivity (Wildman–Crippen MR) is 62.6 cm³/mol. The van der Waals surface area contributed by atoms with E-state index in [2.05, 4.69) is 20.7 Å². The first kappa shape index (κ1) is 12.4. The van der Waals surface area contributed by atoms with Crippen molar-refractivity contribution in [1.82, 2.24) is 0 Å². The van der Waals surface area contributed by atoms with Gasteiger partial charge in [-0.3, -0.25) is 9.59 Å². The van der Waals surface area contributed by atoms with E-state index in [4.69, 9.17) is 0 Å². The average Bonchev–Trinajstić information content (AvgIpc) is 2.77. The van der Waals surface area contributed by atoms with Crippen molar-refractivity contribution in [3.05, 3.63) is 22.4 Å². The fourth-order valence-corrected chi connectivity index (χ4v) is 2.40. The monoisotopic (exact) mass is 290 g/mol. The quantitative estimate of drug-likeness (QED) is 0.476. The molecule has 82 valence electrons. The number of esters is 1. The van der Waals surface area contributed by atoms with Gasteiger partial charge in [0.1, 0.15) is 0 Å². The molecule has 0 amide bonds. The van der Waals surface area contributed by atoms with Crippen LogP contribution in [0.1, 0.15) is 22.5 Å². The number of hydrogen-bond donors (Lipinski definition) is 0. The molecule has 0 fully saturated rings. The number of thiophene rings is 1. The van der Waals surface area contributed by atoms with E-state index < -0.39 is 0 Å². The summed E-state index contributed by atoms with van der Waals surface area (Å²) in [6.45, 7) is 0. The van der Waals surface area contributed by atoms with Gasteiger partial charge in [0, 0.05) is 6.42 Å². The molecule has 0 aromatic carbocycles. The summed E-state index contributed by atoms with van der Waals surface area (Å²) in [5, 5.41) is 1.85. The number of rotatable bonds is 5. The van der Waals surface area contributed by atoms with E-state index in [0.29, 0.717) is 11.3 Å². The van der Waals surface area contributed by atoms with Crippen LogP contribution in [0.3, 0.4) is 0 Å². The van der Waals surface area contributed by atoms with Gasteiger partial charge >= 0.3 is 5.97 Å². The Morgan fingerprint density at radius 1 is 1.60 bits per heavy atom. The van der Waals surface area contributed by atoms with E-state index in [9.17, 15) is 9.59 Å². The highest BCUT2D eigenvalue weighted by Crippen LogP contribution is 2.18. The van der Waals surface area contributed by atoms with Crippen molar-refractivity contribution in [3.63, 3.8) is 0 Å². The molecule has 0 saturated carbocycles. The highest BCUT2D eigenvalue weighted by molar-refractivity contribution is 9.10. The van der Waals surface area contributed by atoms with Crippen LogP contribution in [-0.2, 0) is 9.53 Å². The van der Waals surface area contributed by atoms with Crippen molar-refractivity contribution < 1.29 is 14.3 Å². The van der Waals surface area contributed by atoms with Gasteiger partial charge in [0.25, 0.3) is 0 Å². The SMILES string of the molecule is COC(=O)CCC(Br)C(=O)c1cccs1. The smallest absolute Gasteiger partial charge is 0.305 e. The number of Topliss-reactive ketones (excluding diaryl/α,β-unsaturated/α-hetero) is 1. The van der Waals surface area contributed by atoms with E-state index in [1.54, 1.807) is 6.07 Å². The van der Waals surface area contributed by atoms with Gasteiger partial charge < -0.3 is 4.74 Å². The zero-order valence-corrected chi connectivity index (χ0v) is 10.6. The number of ketones is 1. The van der Waals surface area contributed by atoms with E-state index in [1.807, 2.05) is 11.4 Å². The van der Waals surface area contributed by atoms with Crippen LogP contribution in [0.25, 0.3) is 0 Å². The topological polar surface area (TPSA) is 43.4 Å². The number of carbonyl (C=O) groups excluding carboxylic acids is 2. The Morgan fingerprint density at radius 3 is 2.87 bits per heavy atom. The zero-order valence-electron chi connectivity index (χ0n) is 8.23. The second-order valence-corrected chi connectivity index (χ2v) is 4.98. The largest absolute Gasteiger partial charge is 0.469 e. The Labute approximate surface area is 101 Å². The number of carbonyl (C=O) groups is 2. The molecular formula is C10H11BrO3S. The molecule has 1 heterocycles. The molecule has 0 radical (unpaired) electrons. The number of alkyl halides is 1. The highest BCUT2D eigenvalue weighted by atomic mass is 79.9. The van der Waals surface area contributed by atoms with Crippen LogP contribution in [0.5, 0.6) is 0 Å². The fraction of sp³-hybridized carbons (Fsp3) is 0.400. The van der Waals surface area contributed by atoms with E-state index >= 15 is 0 Å². The molecule has 1 atom stereocenters. The average molecular weight is 291 g/mol. The second-order valence-electron chi connectivity index (χ2n) is 2.92. The summed E-state index contributed by atoms with van der Waals surface area (Å²) in [5.74, 6) is -0.271. The fourth-order valence-electron chi connectivity index (χ4n) is 1.05. The van der Waals surface area contributed by atoms with Crippen LogP contribution in [0, 0.1) is 0 Å². The molecular weight excluding hydrogens is 280 g/mol. The summed E-state index contributed by atoms with van der Waals surface area (Å²) in [6, 6.07) is 3.61. The molecule has 0 spiro atoms. The van der Waals surface area contributed by atoms with Crippen molar-refractivity contribution >= 4 is 39.0 Å². The van der Waals surface area contributed by atoms with Gasteiger partial charge in [-0.05, 0) is 17.9 Å². The van der Waals surface area contributed by atoms with Gasteiger partial charge in [0.2, 0.25) is 0 Å². The molecule has 1 rings (SSSR count). The summed E-state index contributed by atoms with van der Waals surface area (Å²) in [4.78, 5) is 23.0. The Morgan fingerprint density at radius 2 is 2.33 bits per heavy atom. The van der Waals surface area contributed by atoms with E-state index in [1.165, 1.54) is 18.4 Å². The van der Waals surface area contributed by atoms with Gasteiger partial charge in [-0.2, -0.15) is 0 Å². The first-order valence-corrected chi connectivity index (χ1v) is 6.23. The van der Waals surface area contributed by atoms with E-state index in [0.717, 1.165) is 0 Å². The number of hydrogen-bond acceptors (Lipinski definition) is 4. The molecule has 1 aromatic rings. The third-order valence-corrected chi connectivity index (χ3v) is 3.64. The van der Waals surface area contributed by atoms with Crippen molar-refractivity contribution in [2.75, 3.05) is 7.11 Å². The Hall–Kier alpha value is -0.680. The molecule has 0 aliphatic carbocycles. The maximum atomic E-state index is 11.7. The summed E-state index contributed by atoms with van der Waals surface area (Å²) in [7, 11) is 1.34. The maximum Gasteiger partial charge on any atom is 0.305 e. The summed E-state index contributed by atoms with van der Waals surface area (Å²) >= 11 is 4.68. The lowest BCUT2D eigenvalue weighted by atomic mass is 10.1. The van der Waals surface area contributed by atoms with Crippen molar-refractivity contribution in [2.24, 2.45) is 0 Å². The molecule has 0 bridgehead atoms. The summed E-state index contributed by atoms with van der Waals surface area (Å²) < 4.78 is 4.50. The minimum absolute atomic E-state index is 0.0221. The van der Waals surface area contributed by atoms with Crippen LogP contribution >= 0.6 is 27.3 Å². The van der Waals surface area contributed by atoms with Gasteiger partial charge in [-0.1, -0.05) is 22.0 Å². The normalized spacial score (nSPS) is 12.1. The lowest BCUT2D eigenvalue weighted by Gasteiger charge is -2.05. The minimum Gasteiger partial charge on any atom is -0.469 e. The third kappa shape index (κ3) is 3.76. The molecule has 0 aliphatic heterocycles. The Kier molecular flexibility index (Phi) is 4.98. The molecule has 3 nitrogen and oxygen atoms in total. The first-order chi connectivity index (χ1) is 7.15. The van der Waals surface area contributed by atoms with Crippen molar-refractivity contribution in [3.8, 4) is 0 Å². The number of halogens is 1. The summed E-state index contributed by atoms with van der Waals surface area (Å²) in [5.41, 5.74) is 0. The number of ether oxygens (including phenoxy) is 1. The molecule has 15 heavy (non-hydrogen) atoms. The first-order valence-electron chi connectivity index (χ1n) is 4.43. The highest BCUT2D eigenvalue weighted by Gasteiger charge is 2.18. The Bertz CT molecular complexity index is 334. The van der Waals surface area contributed by atoms with E-state index in [-0.39, 0.29) is 23.0 Å². The van der Waals surface area contributed by atoms with Gasteiger partial charge in [0.15, 0.2) is 5.78 Å². The van der Waals surface area contributed by atoms with Crippen LogP contribution in [0.2, 0.25) is 0 Å². The number of methoxy groups -OCH3 is 1. The molecule has 1 unspecified atom stereocenters. The molecule has 1 aromatic heterocycles. The molecule has 0 N–H and O–H groups in total. The van der Waals surface area contributed by atoms with Crippen molar-refractivity contribution in [1.29, 1.82) is 0 Å². The van der Waals surface area contributed by atoms with Crippen LogP contribution < -0.4 is 0 Å². The lowest BCUT2D eigenvalue weighted by Crippen LogP contribution is -2.15. The van der Waals surface area contributed by atoms with Crippen molar-refractivity contribution in [2.45, 2.75) is 17.7 Å². The Balaban J connectivity index is 2.44. The maximum absolute atomic E-state index is 11.7. The molecule has 5 heteroatoms. The lowest BCUT2D eigenvalue weighted by molar-refractivity contribution is -0.140. The van der Waals surface area contributed by atoms with Gasteiger partial charge in [0.05, 0.1) is 16.8 Å². The second kappa shape index (κ2) is 6.02. The third-order valence-electron chi connectivity index (χ3n) is 1.88. The molecule has 0 aliphatic rings. The van der Waals surface area contributed by atoms with Crippen LogP contribution in [0.15, 0.2) is 17.5 Å². The minimum atomic E-state index is -0.310. The van der Waals surface area contributed by atoms with Gasteiger partial charge in [-0.25, -0.2) is 0 Å².